The molecule has 1 aliphatic rings. The van der Waals surface area contributed by atoms with E-state index in [0.29, 0.717) is 6.42 Å². The second-order valence-electron chi connectivity index (χ2n) is 3.91. The van der Waals surface area contributed by atoms with Gasteiger partial charge in [-0.1, -0.05) is 24.3 Å². The third kappa shape index (κ3) is 3.03. The van der Waals surface area contributed by atoms with Crippen molar-refractivity contribution < 1.29 is 13.9 Å². The summed E-state index contributed by atoms with van der Waals surface area (Å²) in [5, 5.41) is 0. The van der Waals surface area contributed by atoms with Crippen LogP contribution in [0.2, 0.25) is 0 Å². The van der Waals surface area contributed by atoms with Gasteiger partial charge in [-0.05, 0) is 29.3 Å². The summed E-state index contributed by atoms with van der Waals surface area (Å²) in [5.41, 5.74) is 1.98. The molecule has 2 rings (SSSR count). The van der Waals surface area contributed by atoms with Gasteiger partial charge in [0, 0.05) is 13.3 Å². The van der Waals surface area contributed by atoms with Crippen molar-refractivity contribution >= 4 is 11.5 Å². The summed E-state index contributed by atoms with van der Waals surface area (Å²) in [4.78, 5) is 10.8. The molecule has 17 heavy (non-hydrogen) atoms. The summed E-state index contributed by atoms with van der Waals surface area (Å²) >= 11 is 0. The SMILES string of the molecule is CC(=O)OC1C=CC(c2ccc(F)cc2)=CC1. The molecule has 0 aromatic heterocycles. The Bertz CT molecular complexity index is 472. The molecule has 1 unspecified atom stereocenters. The molecule has 0 amide bonds. The van der Waals surface area contributed by atoms with Crippen LogP contribution in [0.5, 0.6) is 0 Å². The van der Waals surface area contributed by atoms with Crippen LogP contribution in [-0.2, 0) is 9.53 Å². The fourth-order valence-electron chi connectivity index (χ4n) is 1.76. The van der Waals surface area contributed by atoms with E-state index in [1.54, 1.807) is 12.1 Å². The number of allylic oxidation sites excluding steroid dienone is 2. The van der Waals surface area contributed by atoms with Crippen LogP contribution in [0.1, 0.15) is 18.9 Å². The lowest BCUT2D eigenvalue weighted by Crippen LogP contribution is -2.14. The molecule has 0 heterocycles. The summed E-state index contributed by atoms with van der Waals surface area (Å²) in [7, 11) is 0. The summed E-state index contributed by atoms with van der Waals surface area (Å²) in [5.74, 6) is -0.523. The smallest absolute Gasteiger partial charge is 0.303 e. The Balaban J connectivity index is 2.07. The van der Waals surface area contributed by atoms with E-state index in [-0.39, 0.29) is 17.9 Å². The van der Waals surface area contributed by atoms with Crippen LogP contribution < -0.4 is 0 Å². The molecule has 2 nitrogen and oxygen atoms in total. The molecule has 0 aliphatic heterocycles. The van der Waals surface area contributed by atoms with Crippen LogP contribution in [0, 0.1) is 5.82 Å². The van der Waals surface area contributed by atoms with E-state index in [4.69, 9.17) is 4.74 Å². The van der Waals surface area contributed by atoms with Crippen LogP contribution >= 0.6 is 0 Å². The highest BCUT2D eigenvalue weighted by atomic mass is 19.1. The predicted molar refractivity (Wildman–Crippen MR) is 63.7 cm³/mol. The standard InChI is InChI=1S/C14H13FO2/c1-10(16)17-14-8-4-12(5-9-14)11-2-6-13(15)7-3-11/h2-8,14H,9H2,1H3. The second-order valence-corrected chi connectivity index (χ2v) is 3.91. The van der Waals surface area contributed by atoms with Gasteiger partial charge in [-0.2, -0.15) is 0 Å². The maximum atomic E-state index is 12.8. The number of ether oxygens (including phenoxy) is 1. The topological polar surface area (TPSA) is 26.3 Å². The molecule has 1 aromatic carbocycles. The molecule has 0 fully saturated rings. The first-order chi connectivity index (χ1) is 8.15. The third-order valence-corrected chi connectivity index (χ3v) is 2.56. The summed E-state index contributed by atoms with van der Waals surface area (Å²) in [6.07, 6.45) is 6.20. The van der Waals surface area contributed by atoms with E-state index < -0.39 is 0 Å². The number of hydrogen-bond donors (Lipinski definition) is 0. The first-order valence-electron chi connectivity index (χ1n) is 5.46. The zero-order valence-electron chi connectivity index (χ0n) is 9.52. The van der Waals surface area contributed by atoms with Gasteiger partial charge in [0.1, 0.15) is 11.9 Å². The molecular weight excluding hydrogens is 219 g/mol. The van der Waals surface area contributed by atoms with Crippen LogP contribution in [0.25, 0.3) is 5.57 Å². The molecule has 3 heteroatoms. The summed E-state index contributed by atoms with van der Waals surface area (Å²) in [6.45, 7) is 1.40. The molecule has 0 bridgehead atoms. The van der Waals surface area contributed by atoms with Crippen molar-refractivity contribution in [1.29, 1.82) is 0 Å². The molecule has 1 aliphatic carbocycles. The molecule has 0 radical (unpaired) electrons. The zero-order valence-corrected chi connectivity index (χ0v) is 9.52. The summed E-state index contributed by atoms with van der Waals surface area (Å²) < 4.78 is 17.8. The zero-order chi connectivity index (χ0) is 12.3. The van der Waals surface area contributed by atoms with Gasteiger partial charge < -0.3 is 4.74 Å². The Morgan fingerprint density at radius 3 is 2.59 bits per heavy atom. The van der Waals surface area contributed by atoms with Crippen LogP contribution in [0.3, 0.4) is 0 Å². The van der Waals surface area contributed by atoms with Crippen molar-refractivity contribution in [2.75, 3.05) is 0 Å². The van der Waals surface area contributed by atoms with Crippen molar-refractivity contribution in [2.24, 2.45) is 0 Å². The second kappa shape index (κ2) is 4.95. The highest BCUT2D eigenvalue weighted by molar-refractivity contribution is 5.75. The minimum atomic E-state index is -0.279. The third-order valence-electron chi connectivity index (χ3n) is 2.56. The molecule has 0 spiro atoms. The van der Waals surface area contributed by atoms with Gasteiger partial charge in [0.05, 0.1) is 0 Å². The molecule has 88 valence electrons. The number of benzene rings is 1. The number of halogens is 1. The average Bonchev–Trinajstić information content (AvgIpc) is 2.30. The Hall–Kier alpha value is -1.90. The van der Waals surface area contributed by atoms with Crippen molar-refractivity contribution in [3.05, 3.63) is 53.9 Å². The van der Waals surface area contributed by atoms with Crippen molar-refractivity contribution in [1.82, 2.24) is 0 Å². The fraction of sp³-hybridized carbons (Fsp3) is 0.214. The predicted octanol–water partition coefficient (Wildman–Crippen LogP) is 3.10. The van der Waals surface area contributed by atoms with Gasteiger partial charge in [0.2, 0.25) is 0 Å². The number of rotatable bonds is 2. The van der Waals surface area contributed by atoms with Crippen molar-refractivity contribution in [3.63, 3.8) is 0 Å². The van der Waals surface area contributed by atoms with Gasteiger partial charge in [-0.15, -0.1) is 0 Å². The van der Waals surface area contributed by atoms with Gasteiger partial charge in [0.15, 0.2) is 0 Å². The van der Waals surface area contributed by atoms with Gasteiger partial charge in [0.25, 0.3) is 0 Å². The average molecular weight is 232 g/mol. The van der Waals surface area contributed by atoms with Crippen LogP contribution in [-0.4, -0.2) is 12.1 Å². The maximum absolute atomic E-state index is 12.8. The monoisotopic (exact) mass is 232 g/mol. The van der Waals surface area contributed by atoms with E-state index >= 15 is 0 Å². The molecule has 0 saturated carbocycles. The Morgan fingerprint density at radius 1 is 1.35 bits per heavy atom. The molecule has 1 atom stereocenters. The minimum absolute atomic E-state index is 0.184. The molecule has 1 aromatic rings. The van der Waals surface area contributed by atoms with Crippen LogP contribution in [0.15, 0.2) is 42.5 Å². The highest BCUT2D eigenvalue weighted by Crippen LogP contribution is 2.22. The number of esters is 1. The van der Waals surface area contributed by atoms with E-state index in [1.165, 1.54) is 19.1 Å². The highest BCUT2D eigenvalue weighted by Gasteiger charge is 2.11. The van der Waals surface area contributed by atoms with Gasteiger partial charge >= 0.3 is 5.97 Å². The van der Waals surface area contributed by atoms with Crippen molar-refractivity contribution in [2.45, 2.75) is 19.4 Å². The quantitative estimate of drug-likeness (QED) is 0.732. The minimum Gasteiger partial charge on any atom is -0.458 e. The lowest BCUT2D eigenvalue weighted by atomic mass is 9.98. The maximum Gasteiger partial charge on any atom is 0.303 e. The Morgan fingerprint density at radius 2 is 2.06 bits per heavy atom. The molecular formula is C14H13FO2. The summed E-state index contributed by atoms with van der Waals surface area (Å²) in [6, 6.07) is 6.33. The first kappa shape index (κ1) is 11.6. The van der Waals surface area contributed by atoms with E-state index in [0.717, 1.165) is 11.1 Å². The van der Waals surface area contributed by atoms with Gasteiger partial charge in [-0.25, -0.2) is 4.39 Å². The van der Waals surface area contributed by atoms with Gasteiger partial charge in [-0.3, -0.25) is 4.79 Å². The number of hydrogen-bond acceptors (Lipinski definition) is 2. The van der Waals surface area contributed by atoms with E-state index in [1.807, 2.05) is 18.2 Å². The lowest BCUT2D eigenvalue weighted by molar-refractivity contribution is -0.144. The Kier molecular flexibility index (Phi) is 3.38. The number of carbonyl (C=O) groups is 1. The molecule has 0 N–H and O–H groups in total. The fourth-order valence-corrected chi connectivity index (χ4v) is 1.76. The van der Waals surface area contributed by atoms with Crippen molar-refractivity contribution in [3.8, 4) is 0 Å². The lowest BCUT2D eigenvalue weighted by Gasteiger charge is -2.16. The normalized spacial score (nSPS) is 18.7. The van der Waals surface area contributed by atoms with E-state index in [2.05, 4.69) is 0 Å². The Labute approximate surface area is 99.4 Å². The molecule has 0 saturated heterocycles. The first-order valence-corrected chi connectivity index (χ1v) is 5.46. The largest absolute Gasteiger partial charge is 0.458 e. The van der Waals surface area contributed by atoms with Crippen LogP contribution in [0.4, 0.5) is 4.39 Å². The van der Waals surface area contributed by atoms with E-state index in [9.17, 15) is 9.18 Å². The number of carbonyl (C=O) groups excluding carboxylic acids is 1.